The van der Waals surface area contributed by atoms with Crippen LogP contribution in [0.25, 0.3) is 0 Å². The first-order valence-corrected chi connectivity index (χ1v) is 9.01. The Balaban J connectivity index is 1.57. The van der Waals surface area contributed by atoms with Gasteiger partial charge in [-0.2, -0.15) is 0 Å². The van der Waals surface area contributed by atoms with Crippen molar-refractivity contribution in [2.75, 3.05) is 17.2 Å². The predicted octanol–water partition coefficient (Wildman–Crippen LogP) is 5.16. The minimum Gasteiger partial charge on any atom is -0.482 e. The van der Waals surface area contributed by atoms with Crippen LogP contribution in [0.1, 0.15) is 16.1 Å². The lowest BCUT2D eigenvalue weighted by molar-refractivity contribution is -0.118. The van der Waals surface area contributed by atoms with Gasteiger partial charge in [-0.15, -0.1) is 0 Å². The number of carbonyl (C=O) groups is 2. The van der Waals surface area contributed by atoms with Gasteiger partial charge in [-0.05, 0) is 61.0 Å². The first-order valence-electron chi connectivity index (χ1n) is 8.25. The molecule has 0 aliphatic heterocycles. The highest BCUT2D eigenvalue weighted by atomic mass is 35.5. The second-order valence-corrected chi connectivity index (χ2v) is 6.72. The minimum absolute atomic E-state index is 0.211. The summed E-state index contributed by atoms with van der Waals surface area (Å²) in [5.74, 6) is -0.112. The van der Waals surface area contributed by atoms with E-state index in [4.69, 9.17) is 32.4 Å². The van der Waals surface area contributed by atoms with Crippen LogP contribution < -0.4 is 15.4 Å². The van der Waals surface area contributed by atoms with Crippen molar-refractivity contribution in [3.8, 4) is 5.75 Å². The van der Waals surface area contributed by atoms with Gasteiger partial charge in [-0.1, -0.05) is 23.2 Å². The van der Waals surface area contributed by atoms with Crippen LogP contribution in [0.4, 0.5) is 11.4 Å². The Labute approximate surface area is 171 Å². The summed E-state index contributed by atoms with van der Waals surface area (Å²) >= 11 is 11.8. The summed E-state index contributed by atoms with van der Waals surface area (Å²) in [6, 6.07) is 13.1. The average molecular weight is 419 g/mol. The Morgan fingerprint density at radius 2 is 1.89 bits per heavy atom. The van der Waals surface area contributed by atoms with Gasteiger partial charge in [0.15, 0.2) is 12.4 Å². The number of aryl methyl sites for hydroxylation is 1. The quantitative estimate of drug-likeness (QED) is 0.578. The SMILES string of the molecule is Cc1cc(NC(=O)COc2ccc(Cl)cc2Cl)ccc1NC(=O)c1ccco1. The van der Waals surface area contributed by atoms with E-state index < -0.39 is 0 Å². The molecule has 0 fully saturated rings. The molecule has 0 saturated heterocycles. The Bertz CT molecular complexity index is 1000. The van der Waals surface area contributed by atoms with Crippen molar-refractivity contribution in [1.82, 2.24) is 0 Å². The second-order valence-electron chi connectivity index (χ2n) is 5.87. The van der Waals surface area contributed by atoms with Crippen molar-refractivity contribution < 1.29 is 18.7 Å². The smallest absolute Gasteiger partial charge is 0.291 e. The monoisotopic (exact) mass is 418 g/mol. The highest BCUT2D eigenvalue weighted by molar-refractivity contribution is 6.35. The highest BCUT2D eigenvalue weighted by Gasteiger charge is 2.11. The Kier molecular flexibility index (Phi) is 6.23. The van der Waals surface area contributed by atoms with E-state index in [1.807, 2.05) is 6.92 Å². The molecule has 8 heteroatoms. The first-order chi connectivity index (χ1) is 13.4. The fraction of sp³-hybridized carbons (Fsp3) is 0.100. The zero-order valence-corrected chi connectivity index (χ0v) is 16.3. The summed E-state index contributed by atoms with van der Waals surface area (Å²) < 4.78 is 10.5. The summed E-state index contributed by atoms with van der Waals surface area (Å²) in [7, 11) is 0. The topological polar surface area (TPSA) is 80.6 Å². The number of halogens is 2. The maximum Gasteiger partial charge on any atom is 0.291 e. The fourth-order valence-electron chi connectivity index (χ4n) is 2.41. The normalized spacial score (nSPS) is 10.4. The van der Waals surface area contributed by atoms with Crippen molar-refractivity contribution in [2.24, 2.45) is 0 Å². The molecule has 2 aromatic carbocycles. The minimum atomic E-state index is -0.349. The molecule has 0 bridgehead atoms. The molecule has 0 atom stereocenters. The number of ether oxygens (including phenoxy) is 1. The number of anilines is 2. The standard InChI is InChI=1S/C20H16Cl2N2O4/c1-12-9-14(5-6-16(12)24-20(26)18-3-2-8-27-18)23-19(25)11-28-17-7-4-13(21)10-15(17)22/h2-10H,11H2,1H3,(H,23,25)(H,24,26). The van der Waals surface area contributed by atoms with E-state index in [0.717, 1.165) is 5.56 Å². The van der Waals surface area contributed by atoms with Crippen molar-refractivity contribution >= 4 is 46.4 Å². The molecule has 3 aromatic rings. The van der Waals surface area contributed by atoms with Crippen LogP contribution in [0.5, 0.6) is 5.75 Å². The molecule has 0 aliphatic rings. The molecule has 0 unspecified atom stereocenters. The lowest BCUT2D eigenvalue weighted by Crippen LogP contribution is -2.20. The molecule has 1 aromatic heterocycles. The van der Waals surface area contributed by atoms with E-state index in [2.05, 4.69) is 10.6 Å². The van der Waals surface area contributed by atoms with E-state index in [9.17, 15) is 9.59 Å². The van der Waals surface area contributed by atoms with Gasteiger partial charge in [-0.25, -0.2) is 0 Å². The largest absolute Gasteiger partial charge is 0.482 e. The van der Waals surface area contributed by atoms with Gasteiger partial charge in [0.1, 0.15) is 5.75 Å². The van der Waals surface area contributed by atoms with Gasteiger partial charge in [0.05, 0.1) is 11.3 Å². The van der Waals surface area contributed by atoms with Crippen LogP contribution in [0.15, 0.2) is 59.2 Å². The van der Waals surface area contributed by atoms with Gasteiger partial charge in [0, 0.05) is 16.4 Å². The molecule has 144 valence electrons. The molecular formula is C20H16Cl2N2O4. The van der Waals surface area contributed by atoms with Crippen LogP contribution in [0, 0.1) is 6.92 Å². The third-order valence-corrected chi connectivity index (χ3v) is 4.29. The first kappa shape index (κ1) is 19.8. The van der Waals surface area contributed by atoms with Crippen molar-refractivity contribution in [3.63, 3.8) is 0 Å². The van der Waals surface area contributed by atoms with E-state index in [-0.39, 0.29) is 24.2 Å². The molecular weight excluding hydrogens is 403 g/mol. The predicted molar refractivity (Wildman–Crippen MR) is 108 cm³/mol. The summed E-state index contributed by atoms with van der Waals surface area (Å²) in [5.41, 5.74) is 1.97. The highest BCUT2D eigenvalue weighted by Crippen LogP contribution is 2.27. The lowest BCUT2D eigenvalue weighted by atomic mass is 10.1. The molecule has 1 heterocycles. The summed E-state index contributed by atoms with van der Waals surface area (Å²) in [6.45, 7) is 1.61. The maximum atomic E-state index is 12.1. The van der Waals surface area contributed by atoms with Crippen LogP contribution in [-0.4, -0.2) is 18.4 Å². The number of hydrogen-bond donors (Lipinski definition) is 2. The maximum absolute atomic E-state index is 12.1. The van der Waals surface area contributed by atoms with Gasteiger partial charge < -0.3 is 19.8 Å². The van der Waals surface area contributed by atoms with Gasteiger partial charge in [0.2, 0.25) is 0 Å². The summed E-state index contributed by atoms with van der Waals surface area (Å²) in [4.78, 5) is 24.2. The molecule has 3 rings (SSSR count). The van der Waals surface area contributed by atoms with Crippen molar-refractivity contribution in [2.45, 2.75) is 6.92 Å². The van der Waals surface area contributed by atoms with Crippen LogP contribution >= 0.6 is 23.2 Å². The second kappa shape index (κ2) is 8.82. The Morgan fingerprint density at radius 1 is 1.07 bits per heavy atom. The van der Waals surface area contributed by atoms with E-state index in [1.54, 1.807) is 42.5 Å². The van der Waals surface area contributed by atoms with Crippen molar-refractivity contribution in [1.29, 1.82) is 0 Å². The van der Waals surface area contributed by atoms with Crippen molar-refractivity contribution in [3.05, 3.63) is 76.2 Å². The number of furan rings is 1. The lowest BCUT2D eigenvalue weighted by Gasteiger charge is -2.11. The third kappa shape index (κ3) is 5.06. The third-order valence-electron chi connectivity index (χ3n) is 3.76. The molecule has 28 heavy (non-hydrogen) atoms. The van der Waals surface area contributed by atoms with Crippen LogP contribution in [0.3, 0.4) is 0 Å². The van der Waals surface area contributed by atoms with E-state index >= 15 is 0 Å². The van der Waals surface area contributed by atoms with Gasteiger partial charge in [-0.3, -0.25) is 9.59 Å². The molecule has 6 nitrogen and oxygen atoms in total. The number of hydrogen-bond acceptors (Lipinski definition) is 4. The summed E-state index contributed by atoms with van der Waals surface area (Å²) in [5, 5.41) is 6.29. The molecule has 0 saturated carbocycles. The number of rotatable bonds is 6. The van der Waals surface area contributed by atoms with Crippen LogP contribution in [0.2, 0.25) is 10.0 Å². The molecule has 2 amide bonds. The average Bonchev–Trinajstić information content (AvgIpc) is 3.18. The van der Waals surface area contributed by atoms with E-state index in [0.29, 0.717) is 27.2 Å². The number of nitrogens with one attached hydrogen (secondary N) is 2. The molecule has 0 aliphatic carbocycles. The van der Waals surface area contributed by atoms with E-state index in [1.165, 1.54) is 12.3 Å². The zero-order valence-electron chi connectivity index (χ0n) is 14.8. The molecule has 0 radical (unpaired) electrons. The fourth-order valence-corrected chi connectivity index (χ4v) is 2.87. The number of carbonyl (C=O) groups excluding carboxylic acids is 2. The summed E-state index contributed by atoms with van der Waals surface area (Å²) in [6.07, 6.45) is 1.43. The van der Waals surface area contributed by atoms with Crippen LogP contribution in [-0.2, 0) is 4.79 Å². The number of benzene rings is 2. The molecule has 2 N–H and O–H groups in total. The molecule has 0 spiro atoms. The Hall–Kier alpha value is -2.96. The van der Waals surface area contributed by atoms with Gasteiger partial charge >= 0.3 is 0 Å². The number of amides is 2. The zero-order chi connectivity index (χ0) is 20.1. The Morgan fingerprint density at radius 3 is 2.57 bits per heavy atom. The van der Waals surface area contributed by atoms with Gasteiger partial charge in [0.25, 0.3) is 11.8 Å².